The molecule has 0 unspecified atom stereocenters. The summed E-state index contributed by atoms with van der Waals surface area (Å²) < 4.78 is 0. The van der Waals surface area contributed by atoms with Gasteiger partial charge in [-0.3, -0.25) is 15.0 Å². The number of nitro benzene ring substituents is 1. The van der Waals surface area contributed by atoms with Crippen LogP contribution in [0.2, 0.25) is 0 Å². The molecule has 0 saturated carbocycles. The largest absolute Gasteiger partial charge is 0.355 e. The maximum Gasteiger partial charge on any atom is 0.328 e. The van der Waals surface area contributed by atoms with Gasteiger partial charge in [0, 0.05) is 6.07 Å². The summed E-state index contributed by atoms with van der Waals surface area (Å²) >= 11 is 5.13. The molecule has 8 heteroatoms. The molecule has 0 aromatic heterocycles. The first-order valence-electron chi connectivity index (χ1n) is 6.36. The molecule has 2 rings (SSSR count). The van der Waals surface area contributed by atoms with Gasteiger partial charge in [-0.2, -0.15) is 0 Å². The van der Waals surface area contributed by atoms with Crippen LogP contribution in [0, 0.1) is 17.0 Å². The number of hydrogen-bond acceptors (Lipinski definition) is 4. The van der Waals surface area contributed by atoms with Crippen LogP contribution in [0.3, 0.4) is 0 Å². The van der Waals surface area contributed by atoms with Crippen molar-refractivity contribution >= 4 is 34.7 Å². The third-order valence-corrected chi connectivity index (χ3v) is 3.55. The van der Waals surface area contributed by atoms with Gasteiger partial charge in [-0.1, -0.05) is 6.07 Å². The molecule has 7 nitrogen and oxygen atoms in total. The molecule has 0 aliphatic carbocycles. The van der Waals surface area contributed by atoms with Gasteiger partial charge in [-0.05, 0) is 39.1 Å². The van der Waals surface area contributed by atoms with Crippen molar-refractivity contribution in [3.63, 3.8) is 0 Å². The molecule has 0 radical (unpaired) electrons. The molecule has 1 aliphatic rings. The minimum atomic E-state index is -0.476. The van der Waals surface area contributed by atoms with E-state index in [9.17, 15) is 14.9 Å². The van der Waals surface area contributed by atoms with Crippen LogP contribution in [0.4, 0.5) is 16.2 Å². The van der Waals surface area contributed by atoms with E-state index in [-0.39, 0.29) is 11.2 Å². The van der Waals surface area contributed by atoms with Crippen LogP contribution in [-0.4, -0.2) is 33.1 Å². The summed E-state index contributed by atoms with van der Waals surface area (Å²) in [5.41, 5.74) is 0.497. The highest BCUT2D eigenvalue weighted by Gasteiger charge is 2.36. The minimum Gasteiger partial charge on any atom is -0.355 e. The smallest absolute Gasteiger partial charge is 0.328 e. The zero-order valence-corrected chi connectivity index (χ0v) is 12.8. The third kappa shape index (κ3) is 3.10. The zero-order chi connectivity index (χ0) is 15.8. The first-order chi connectivity index (χ1) is 9.71. The predicted molar refractivity (Wildman–Crippen MR) is 83.4 cm³/mol. The molecular formula is C13H16N4O3S. The number of urea groups is 1. The van der Waals surface area contributed by atoms with Crippen LogP contribution >= 0.6 is 12.2 Å². The number of nitro groups is 1. The summed E-state index contributed by atoms with van der Waals surface area (Å²) in [6, 6.07) is 4.15. The van der Waals surface area contributed by atoms with Crippen LogP contribution in [0.15, 0.2) is 18.2 Å². The van der Waals surface area contributed by atoms with Gasteiger partial charge in [-0.15, -0.1) is 0 Å². The highest BCUT2D eigenvalue weighted by atomic mass is 32.1. The number of thiocarbonyl (C=S) groups is 1. The van der Waals surface area contributed by atoms with Crippen LogP contribution in [0.25, 0.3) is 0 Å². The number of nitrogens with zero attached hydrogens (tertiary/aromatic N) is 2. The molecule has 1 aromatic rings. The number of nitrogens with one attached hydrogen (secondary N) is 2. The van der Waals surface area contributed by atoms with Gasteiger partial charge in [0.25, 0.3) is 5.69 Å². The lowest BCUT2D eigenvalue weighted by Gasteiger charge is -2.18. The maximum absolute atomic E-state index is 12.3. The molecule has 1 heterocycles. The van der Waals surface area contributed by atoms with Crippen LogP contribution in [-0.2, 0) is 0 Å². The first kappa shape index (κ1) is 15.2. The van der Waals surface area contributed by atoms with Gasteiger partial charge in [0.15, 0.2) is 5.11 Å². The van der Waals surface area contributed by atoms with Gasteiger partial charge < -0.3 is 10.6 Å². The van der Waals surface area contributed by atoms with Crippen LogP contribution in [0.1, 0.15) is 19.4 Å². The fourth-order valence-electron chi connectivity index (χ4n) is 2.17. The lowest BCUT2D eigenvalue weighted by atomic mass is 10.1. The Labute approximate surface area is 127 Å². The Morgan fingerprint density at radius 3 is 2.71 bits per heavy atom. The molecule has 112 valence electrons. The van der Waals surface area contributed by atoms with E-state index in [1.54, 1.807) is 13.0 Å². The summed E-state index contributed by atoms with van der Waals surface area (Å²) in [7, 11) is 0. The summed E-state index contributed by atoms with van der Waals surface area (Å²) in [5.74, 6) is 0. The van der Waals surface area contributed by atoms with E-state index in [1.165, 1.54) is 17.0 Å². The molecule has 1 saturated heterocycles. The monoisotopic (exact) mass is 308 g/mol. The van der Waals surface area contributed by atoms with Crippen molar-refractivity contribution < 1.29 is 9.72 Å². The van der Waals surface area contributed by atoms with Crippen molar-refractivity contribution in [1.29, 1.82) is 0 Å². The number of amides is 2. The predicted octanol–water partition coefficient (Wildman–Crippen LogP) is 2.40. The second kappa shape index (κ2) is 5.28. The van der Waals surface area contributed by atoms with Crippen molar-refractivity contribution in [2.45, 2.75) is 26.3 Å². The number of benzene rings is 1. The van der Waals surface area contributed by atoms with Crippen molar-refractivity contribution in [3.8, 4) is 0 Å². The van der Waals surface area contributed by atoms with Crippen molar-refractivity contribution in [2.75, 3.05) is 11.9 Å². The quantitative estimate of drug-likeness (QED) is 0.497. The summed E-state index contributed by atoms with van der Waals surface area (Å²) in [4.78, 5) is 24.1. The van der Waals surface area contributed by atoms with Crippen LogP contribution in [0.5, 0.6) is 0 Å². The van der Waals surface area contributed by atoms with Gasteiger partial charge in [0.05, 0.1) is 28.3 Å². The van der Waals surface area contributed by atoms with E-state index in [0.29, 0.717) is 22.9 Å². The van der Waals surface area contributed by atoms with Crippen molar-refractivity contribution in [1.82, 2.24) is 10.2 Å². The Balaban J connectivity index is 2.19. The molecule has 2 amide bonds. The number of anilines is 1. The Morgan fingerprint density at radius 1 is 1.52 bits per heavy atom. The minimum absolute atomic E-state index is 0.0322. The number of rotatable bonds is 2. The molecule has 0 spiro atoms. The highest BCUT2D eigenvalue weighted by molar-refractivity contribution is 7.80. The van der Waals surface area contributed by atoms with E-state index in [1.807, 2.05) is 13.8 Å². The van der Waals surface area contributed by atoms with Gasteiger partial charge >= 0.3 is 6.03 Å². The first-order valence-corrected chi connectivity index (χ1v) is 6.77. The Bertz CT molecular complexity index is 630. The Kier molecular flexibility index (Phi) is 3.82. The Hall–Kier alpha value is -2.22. The highest BCUT2D eigenvalue weighted by Crippen LogP contribution is 2.26. The topological polar surface area (TPSA) is 87.5 Å². The molecule has 1 fully saturated rings. The lowest BCUT2D eigenvalue weighted by Crippen LogP contribution is -2.37. The number of hydrogen-bond donors (Lipinski definition) is 2. The second-order valence-electron chi connectivity index (χ2n) is 5.54. The summed E-state index contributed by atoms with van der Waals surface area (Å²) in [6.45, 7) is 5.90. The average molecular weight is 308 g/mol. The second-order valence-corrected chi connectivity index (χ2v) is 5.92. The zero-order valence-electron chi connectivity index (χ0n) is 12.0. The molecule has 21 heavy (non-hydrogen) atoms. The van der Waals surface area contributed by atoms with Crippen molar-refractivity contribution in [3.05, 3.63) is 33.9 Å². The fourth-order valence-corrected chi connectivity index (χ4v) is 2.59. The average Bonchev–Trinajstić information content (AvgIpc) is 2.65. The number of carbonyl (C=O) groups excluding carboxylic acids is 1. The van der Waals surface area contributed by atoms with Gasteiger partial charge in [-0.25, -0.2) is 4.79 Å². The van der Waals surface area contributed by atoms with E-state index in [4.69, 9.17) is 12.2 Å². The van der Waals surface area contributed by atoms with Crippen LogP contribution < -0.4 is 10.6 Å². The standard InChI is InChI=1S/C13H16N4O3S/c1-8-9(5-4-6-10(8)17(19)20)14-11(18)16-7-13(2,3)15-12(16)21/h4-6H,7H2,1-3H3,(H,14,18)(H,15,21). The fraction of sp³-hybridized carbons (Fsp3) is 0.385. The molecule has 1 aliphatic heterocycles. The molecule has 1 aromatic carbocycles. The lowest BCUT2D eigenvalue weighted by molar-refractivity contribution is -0.385. The molecule has 2 N–H and O–H groups in total. The van der Waals surface area contributed by atoms with Gasteiger partial charge in [0.1, 0.15) is 0 Å². The maximum atomic E-state index is 12.3. The molecule has 0 bridgehead atoms. The number of carbonyl (C=O) groups is 1. The summed E-state index contributed by atoms with van der Waals surface area (Å²) in [5, 5.41) is 17.0. The third-order valence-electron chi connectivity index (χ3n) is 3.23. The Morgan fingerprint density at radius 2 is 2.19 bits per heavy atom. The molecular weight excluding hydrogens is 292 g/mol. The van der Waals surface area contributed by atoms with E-state index < -0.39 is 11.0 Å². The van der Waals surface area contributed by atoms with E-state index in [2.05, 4.69) is 10.6 Å². The van der Waals surface area contributed by atoms with Gasteiger partial charge in [0.2, 0.25) is 0 Å². The normalized spacial score (nSPS) is 16.5. The van der Waals surface area contributed by atoms with E-state index >= 15 is 0 Å². The van der Waals surface area contributed by atoms with Crippen molar-refractivity contribution in [2.24, 2.45) is 0 Å². The summed E-state index contributed by atoms with van der Waals surface area (Å²) in [6.07, 6.45) is 0. The molecule has 0 atom stereocenters. The SMILES string of the molecule is Cc1c(NC(=O)N2CC(C)(C)NC2=S)cccc1[N+](=O)[O-]. The van der Waals surface area contributed by atoms with E-state index in [0.717, 1.165) is 0 Å².